The summed E-state index contributed by atoms with van der Waals surface area (Å²) in [6.07, 6.45) is 7.61. The lowest BCUT2D eigenvalue weighted by molar-refractivity contribution is -0.127. The predicted octanol–water partition coefficient (Wildman–Crippen LogP) is 7.46. The molecule has 1 unspecified atom stereocenters. The Balaban J connectivity index is 1.35. The molecule has 1 aliphatic rings. The van der Waals surface area contributed by atoms with E-state index in [0.29, 0.717) is 12.2 Å². The summed E-state index contributed by atoms with van der Waals surface area (Å²) in [6, 6.07) is 34.8. The summed E-state index contributed by atoms with van der Waals surface area (Å²) in [7, 11) is 1.67. The Morgan fingerprint density at radius 1 is 0.841 bits per heavy atom. The van der Waals surface area contributed by atoms with Crippen molar-refractivity contribution in [2.45, 2.75) is 57.2 Å². The van der Waals surface area contributed by atoms with E-state index in [1.807, 2.05) is 84.9 Å². The van der Waals surface area contributed by atoms with Crippen LogP contribution in [0.25, 0.3) is 10.9 Å². The zero-order valence-corrected chi connectivity index (χ0v) is 25.2. The van der Waals surface area contributed by atoms with Gasteiger partial charge in [-0.05, 0) is 59.9 Å². The minimum atomic E-state index is -0.791. The molecule has 2 amide bonds. The highest BCUT2D eigenvalue weighted by atomic mass is 16.5. The second-order valence-corrected chi connectivity index (χ2v) is 11.6. The number of amides is 2. The molecule has 0 aliphatic heterocycles. The third-order valence-corrected chi connectivity index (χ3v) is 8.60. The molecule has 1 fully saturated rings. The second-order valence-electron chi connectivity index (χ2n) is 11.6. The molecule has 6 heteroatoms. The number of para-hydroxylation sites is 2. The van der Waals surface area contributed by atoms with Gasteiger partial charge in [0.05, 0.1) is 13.5 Å². The number of carbonyl (C=O) groups is 2. The Morgan fingerprint density at radius 2 is 1.50 bits per heavy atom. The van der Waals surface area contributed by atoms with Gasteiger partial charge in [-0.15, -0.1) is 0 Å². The Kier molecular flexibility index (Phi) is 9.06. The third-order valence-electron chi connectivity index (χ3n) is 8.60. The number of benzene rings is 4. The molecule has 224 valence electrons. The van der Waals surface area contributed by atoms with Gasteiger partial charge in [0.25, 0.3) is 0 Å². The molecule has 5 aromatic rings. The number of rotatable bonds is 10. The van der Waals surface area contributed by atoms with E-state index >= 15 is 0 Å². The molecule has 6 rings (SSSR count). The van der Waals surface area contributed by atoms with Crippen LogP contribution in [0, 0.1) is 0 Å². The molecule has 0 spiro atoms. The van der Waals surface area contributed by atoms with Crippen molar-refractivity contribution < 1.29 is 14.3 Å². The molecule has 1 N–H and O–H groups in total. The normalized spacial score (nSPS) is 14.2. The van der Waals surface area contributed by atoms with Crippen molar-refractivity contribution in [1.82, 2.24) is 9.88 Å². The average molecular weight is 586 g/mol. The minimum absolute atomic E-state index is 0.129. The van der Waals surface area contributed by atoms with Gasteiger partial charge in [0.15, 0.2) is 0 Å². The van der Waals surface area contributed by atoms with E-state index in [2.05, 4.69) is 40.3 Å². The zero-order valence-electron chi connectivity index (χ0n) is 25.2. The van der Waals surface area contributed by atoms with Gasteiger partial charge in [0.2, 0.25) is 11.8 Å². The fourth-order valence-corrected chi connectivity index (χ4v) is 6.38. The van der Waals surface area contributed by atoms with Crippen LogP contribution in [-0.4, -0.2) is 29.5 Å². The van der Waals surface area contributed by atoms with Crippen LogP contribution in [0.2, 0.25) is 0 Å². The summed E-state index contributed by atoms with van der Waals surface area (Å²) in [5.74, 6) is 0.553. The molecule has 0 bridgehead atoms. The quantitative estimate of drug-likeness (QED) is 0.185. The molecule has 1 atom stereocenters. The van der Waals surface area contributed by atoms with Crippen LogP contribution in [-0.2, 0) is 22.6 Å². The Morgan fingerprint density at radius 3 is 2.20 bits per heavy atom. The summed E-state index contributed by atoms with van der Waals surface area (Å²) < 4.78 is 7.52. The first kappa shape index (κ1) is 29.2. The van der Waals surface area contributed by atoms with Gasteiger partial charge in [-0.2, -0.15) is 0 Å². The smallest absolute Gasteiger partial charge is 0.248 e. The van der Waals surface area contributed by atoms with Gasteiger partial charge in [-0.3, -0.25) is 14.5 Å². The van der Waals surface area contributed by atoms with E-state index < -0.39 is 6.04 Å². The predicted molar refractivity (Wildman–Crippen MR) is 176 cm³/mol. The maximum absolute atomic E-state index is 14.5. The van der Waals surface area contributed by atoms with Crippen LogP contribution in [0.1, 0.15) is 54.8 Å². The highest BCUT2D eigenvalue weighted by Gasteiger charge is 2.34. The van der Waals surface area contributed by atoms with E-state index in [9.17, 15) is 9.59 Å². The number of nitrogens with zero attached hydrogens (tertiary/aromatic N) is 2. The number of ether oxygens (including phenoxy) is 1. The monoisotopic (exact) mass is 585 g/mol. The zero-order chi connectivity index (χ0) is 30.3. The number of hydrogen-bond acceptors (Lipinski definition) is 3. The Hall–Kier alpha value is -4.84. The number of aromatic nitrogens is 1. The molecule has 1 heterocycles. The largest absolute Gasteiger partial charge is 0.497 e. The van der Waals surface area contributed by atoms with Crippen LogP contribution in [0.3, 0.4) is 0 Å². The second kappa shape index (κ2) is 13.6. The van der Waals surface area contributed by atoms with Crippen molar-refractivity contribution in [2.24, 2.45) is 0 Å². The summed E-state index contributed by atoms with van der Waals surface area (Å²) in [6.45, 7) is 0.664. The van der Waals surface area contributed by atoms with E-state index in [-0.39, 0.29) is 24.3 Å². The van der Waals surface area contributed by atoms with Gasteiger partial charge in [-0.1, -0.05) is 98.1 Å². The van der Waals surface area contributed by atoms with E-state index in [4.69, 9.17) is 4.74 Å². The average Bonchev–Trinajstić information content (AvgIpc) is 3.41. The van der Waals surface area contributed by atoms with Crippen LogP contribution in [0.4, 0.5) is 5.69 Å². The van der Waals surface area contributed by atoms with Crippen molar-refractivity contribution in [3.63, 3.8) is 0 Å². The van der Waals surface area contributed by atoms with E-state index in [1.165, 1.54) is 6.42 Å². The number of nitrogens with one attached hydrogen (secondary N) is 1. The summed E-state index contributed by atoms with van der Waals surface area (Å²) in [5.41, 5.74) is 4.62. The highest BCUT2D eigenvalue weighted by Crippen LogP contribution is 2.31. The number of carbonyl (C=O) groups excluding carboxylic acids is 2. The first-order valence-electron chi connectivity index (χ1n) is 15.5. The SMILES string of the molecule is COc1ccc(Cn2cc(CC(=O)N(c3ccccc3)C(C(=O)NC3CCCCC3)c3ccccc3)c3ccccc32)cc1. The summed E-state index contributed by atoms with van der Waals surface area (Å²) >= 11 is 0. The molecule has 1 aromatic heterocycles. The standard InChI is InChI=1S/C38H39N3O3/c1-44-33-23-21-28(22-24-33)26-40-27-30(34-19-11-12-20-35(34)40)25-36(42)41(32-17-9-4-10-18-32)37(29-13-5-2-6-14-29)38(43)39-31-15-7-3-8-16-31/h2,4-6,9-14,17-24,27,31,37H,3,7-8,15-16,25-26H2,1H3,(H,39,43). The van der Waals surface area contributed by atoms with Crippen molar-refractivity contribution >= 4 is 28.4 Å². The molecule has 1 saturated carbocycles. The van der Waals surface area contributed by atoms with Crippen molar-refractivity contribution in [2.75, 3.05) is 12.0 Å². The van der Waals surface area contributed by atoms with Gasteiger partial charge < -0.3 is 14.6 Å². The van der Waals surface area contributed by atoms with Crippen LogP contribution < -0.4 is 15.0 Å². The number of methoxy groups -OCH3 is 1. The molecular formula is C38H39N3O3. The van der Waals surface area contributed by atoms with Crippen LogP contribution in [0.5, 0.6) is 5.75 Å². The fourth-order valence-electron chi connectivity index (χ4n) is 6.38. The van der Waals surface area contributed by atoms with Crippen molar-refractivity contribution in [3.05, 3.63) is 132 Å². The molecule has 4 aromatic carbocycles. The molecule has 1 aliphatic carbocycles. The third kappa shape index (κ3) is 6.55. The van der Waals surface area contributed by atoms with E-state index in [0.717, 1.165) is 59.0 Å². The Bertz CT molecular complexity index is 1690. The maximum atomic E-state index is 14.5. The molecule has 6 nitrogen and oxygen atoms in total. The van der Waals surface area contributed by atoms with Gasteiger partial charge >= 0.3 is 0 Å². The first-order chi connectivity index (χ1) is 21.6. The summed E-state index contributed by atoms with van der Waals surface area (Å²) in [4.78, 5) is 30.4. The van der Waals surface area contributed by atoms with Crippen molar-refractivity contribution in [3.8, 4) is 5.75 Å². The van der Waals surface area contributed by atoms with Gasteiger partial charge in [0.1, 0.15) is 11.8 Å². The molecule has 0 saturated heterocycles. The van der Waals surface area contributed by atoms with Crippen molar-refractivity contribution in [1.29, 1.82) is 0 Å². The lowest BCUT2D eigenvalue weighted by Crippen LogP contribution is -2.47. The lowest BCUT2D eigenvalue weighted by atomic mass is 9.94. The fraction of sp³-hybridized carbons (Fsp3) is 0.263. The van der Waals surface area contributed by atoms with Gasteiger partial charge in [-0.25, -0.2) is 0 Å². The molecular weight excluding hydrogens is 546 g/mol. The minimum Gasteiger partial charge on any atom is -0.497 e. The highest BCUT2D eigenvalue weighted by molar-refractivity contribution is 6.03. The number of fused-ring (bicyclic) bond motifs is 1. The first-order valence-corrected chi connectivity index (χ1v) is 15.5. The van der Waals surface area contributed by atoms with Crippen LogP contribution >= 0.6 is 0 Å². The van der Waals surface area contributed by atoms with E-state index in [1.54, 1.807) is 12.0 Å². The molecule has 44 heavy (non-hydrogen) atoms. The number of anilines is 1. The number of hydrogen-bond donors (Lipinski definition) is 1. The summed E-state index contributed by atoms with van der Waals surface area (Å²) in [5, 5.41) is 4.34. The topological polar surface area (TPSA) is 63.6 Å². The van der Waals surface area contributed by atoms with Gasteiger partial charge in [0, 0.05) is 35.4 Å². The van der Waals surface area contributed by atoms with Crippen LogP contribution in [0.15, 0.2) is 115 Å². The lowest BCUT2D eigenvalue weighted by Gasteiger charge is -2.33. The Labute approximate surface area is 259 Å². The molecule has 0 radical (unpaired) electrons. The maximum Gasteiger partial charge on any atom is 0.248 e.